The number of carboxylic acid groups (broad SMARTS) is 1. The van der Waals surface area contributed by atoms with Crippen molar-refractivity contribution in [2.24, 2.45) is 0 Å². The summed E-state index contributed by atoms with van der Waals surface area (Å²) in [6.45, 7) is 0.107. The van der Waals surface area contributed by atoms with Crippen molar-refractivity contribution in [2.75, 3.05) is 6.54 Å². The second kappa shape index (κ2) is 4.29. The summed E-state index contributed by atoms with van der Waals surface area (Å²) in [7, 11) is 0. The number of aliphatic hydroxyl groups is 1. The highest BCUT2D eigenvalue weighted by molar-refractivity contribution is 5.83. The summed E-state index contributed by atoms with van der Waals surface area (Å²) in [4.78, 5) is 23.9. The Morgan fingerprint density at radius 3 is 2.50 bits per heavy atom. The van der Waals surface area contributed by atoms with Gasteiger partial charge in [0, 0.05) is 19.0 Å². The quantitative estimate of drug-likeness (QED) is 0.609. The van der Waals surface area contributed by atoms with Gasteiger partial charge in [0.2, 0.25) is 0 Å². The number of urea groups is 1. The van der Waals surface area contributed by atoms with E-state index in [0.717, 1.165) is 19.3 Å². The lowest BCUT2D eigenvalue weighted by Crippen LogP contribution is -2.50. The van der Waals surface area contributed by atoms with Gasteiger partial charge < -0.3 is 20.4 Å². The molecule has 6 nitrogen and oxygen atoms in total. The van der Waals surface area contributed by atoms with Gasteiger partial charge in [-0.1, -0.05) is 0 Å². The highest BCUT2D eigenvalue weighted by Crippen LogP contribution is 2.21. The Bertz CT molecular complexity index is 303. The van der Waals surface area contributed by atoms with E-state index < -0.39 is 18.1 Å². The molecule has 16 heavy (non-hydrogen) atoms. The molecule has 6 heteroatoms. The van der Waals surface area contributed by atoms with Gasteiger partial charge in [-0.05, 0) is 19.3 Å². The maximum Gasteiger partial charge on any atom is 0.326 e. The molecule has 1 heterocycles. The minimum Gasteiger partial charge on any atom is -0.480 e. The van der Waals surface area contributed by atoms with Crippen LogP contribution in [0.5, 0.6) is 0 Å². The monoisotopic (exact) mass is 228 g/mol. The molecule has 1 aliphatic carbocycles. The van der Waals surface area contributed by atoms with Gasteiger partial charge in [0.25, 0.3) is 0 Å². The summed E-state index contributed by atoms with van der Waals surface area (Å²) >= 11 is 0. The van der Waals surface area contributed by atoms with E-state index in [1.165, 1.54) is 4.90 Å². The Kier molecular flexibility index (Phi) is 3.00. The predicted molar refractivity (Wildman–Crippen MR) is 54.9 cm³/mol. The van der Waals surface area contributed by atoms with Crippen LogP contribution in [0.1, 0.15) is 25.7 Å². The number of likely N-dealkylation sites (tertiary alicyclic amines) is 1. The normalized spacial score (nSPS) is 29.9. The van der Waals surface area contributed by atoms with Crippen molar-refractivity contribution < 1.29 is 19.8 Å². The lowest BCUT2D eigenvalue weighted by atomic mass is 9.93. The van der Waals surface area contributed by atoms with E-state index in [1.807, 2.05) is 0 Å². The Morgan fingerprint density at radius 2 is 2.00 bits per heavy atom. The first-order valence-electron chi connectivity index (χ1n) is 5.56. The average Bonchev–Trinajstić information content (AvgIpc) is 2.53. The van der Waals surface area contributed by atoms with Crippen molar-refractivity contribution >= 4 is 12.0 Å². The van der Waals surface area contributed by atoms with Crippen LogP contribution in [-0.2, 0) is 4.79 Å². The van der Waals surface area contributed by atoms with Crippen molar-refractivity contribution in [3.63, 3.8) is 0 Å². The molecule has 2 atom stereocenters. The van der Waals surface area contributed by atoms with E-state index in [4.69, 9.17) is 5.11 Å². The van der Waals surface area contributed by atoms with Crippen LogP contribution >= 0.6 is 0 Å². The molecule has 2 amide bonds. The number of hydrogen-bond acceptors (Lipinski definition) is 3. The smallest absolute Gasteiger partial charge is 0.326 e. The maximum atomic E-state index is 11.7. The summed E-state index contributed by atoms with van der Waals surface area (Å²) in [5.74, 6) is -1.06. The molecule has 0 aromatic heterocycles. The van der Waals surface area contributed by atoms with Crippen LogP contribution in [0, 0.1) is 0 Å². The fourth-order valence-electron chi connectivity index (χ4n) is 2.08. The zero-order valence-corrected chi connectivity index (χ0v) is 8.93. The number of carbonyl (C=O) groups is 2. The molecule has 2 aliphatic rings. The molecule has 0 radical (unpaired) electrons. The van der Waals surface area contributed by atoms with Crippen LogP contribution in [0.15, 0.2) is 0 Å². The predicted octanol–water partition coefficient (Wildman–Crippen LogP) is -0.232. The molecule has 1 aliphatic heterocycles. The molecular formula is C10H16N2O4. The molecule has 1 saturated carbocycles. The maximum absolute atomic E-state index is 11.7. The van der Waals surface area contributed by atoms with Gasteiger partial charge >= 0.3 is 12.0 Å². The van der Waals surface area contributed by atoms with Gasteiger partial charge in [-0.15, -0.1) is 0 Å². The molecule has 2 fully saturated rings. The molecule has 0 spiro atoms. The van der Waals surface area contributed by atoms with Crippen LogP contribution in [0.25, 0.3) is 0 Å². The van der Waals surface area contributed by atoms with Crippen molar-refractivity contribution in [1.82, 2.24) is 10.2 Å². The summed E-state index contributed by atoms with van der Waals surface area (Å²) < 4.78 is 0. The first-order chi connectivity index (χ1) is 7.58. The number of aliphatic carboxylic acids is 1. The number of amides is 2. The molecule has 2 rings (SSSR count). The minimum atomic E-state index is -1.06. The first-order valence-corrected chi connectivity index (χ1v) is 5.56. The second-order valence-corrected chi connectivity index (χ2v) is 4.47. The number of carboxylic acids is 1. The van der Waals surface area contributed by atoms with Crippen molar-refractivity contribution in [2.45, 2.75) is 43.9 Å². The van der Waals surface area contributed by atoms with Gasteiger partial charge in [-0.2, -0.15) is 0 Å². The van der Waals surface area contributed by atoms with Crippen molar-refractivity contribution in [3.8, 4) is 0 Å². The third-order valence-corrected chi connectivity index (χ3v) is 3.26. The van der Waals surface area contributed by atoms with E-state index in [2.05, 4.69) is 5.32 Å². The van der Waals surface area contributed by atoms with Crippen LogP contribution in [-0.4, -0.2) is 51.8 Å². The van der Waals surface area contributed by atoms with Crippen LogP contribution in [0.3, 0.4) is 0 Å². The fraction of sp³-hybridized carbons (Fsp3) is 0.800. The van der Waals surface area contributed by atoms with E-state index in [1.54, 1.807) is 0 Å². The SMILES string of the molecule is O=C(O)[C@@H]1C[C@H](O)CN1C(=O)NC1CCC1. The Morgan fingerprint density at radius 1 is 1.31 bits per heavy atom. The van der Waals surface area contributed by atoms with Gasteiger partial charge in [0.15, 0.2) is 0 Å². The molecule has 0 aromatic carbocycles. The number of carbonyl (C=O) groups excluding carboxylic acids is 1. The van der Waals surface area contributed by atoms with Crippen LogP contribution in [0.2, 0.25) is 0 Å². The van der Waals surface area contributed by atoms with Gasteiger partial charge in [0.05, 0.1) is 6.10 Å². The lowest BCUT2D eigenvalue weighted by molar-refractivity contribution is -0.141. The molecule has 3 N–H and O–H groups in total. The number of hydrogen-bond donors (Lipinski definition) is 3. The molecule has 0 aromatic rings. The van der Waals surface area contributed by atoms with Crippen LogP contribution < -0.4 is 5.32 Å². The summed E-state index contributed by atoms with van der Waals surface area (Å²) in [5.41, 5.74) is 0. The minimum absolute atomic E-state index is 0.107. The lowest BCUT2D eigenvalue weighted by Gasteiger charge is -2.30. The number of β-amino-alcohol motifs (C(OH)–C–C–N with tert-alkyl or cyclic N) is 1. The summed E-state index contributed by atoms with van der Waals surface area (Å²) in [5, 5.41) is 21.1. The fourth-order valence-corrected chi connectivity index (χ4v) is 2.08. The second-order valence-electron chi connectivity index (χ2n) is 4.47. The summed E-state index contributed by atoms with van der Waals surface area (Å²) in [6.07, 6.45) is 2.41. The van der Waals surface area contributed by atoms with E-state index in [9.17, 15) is 14.7 Å². The van der Waals surface area contributed by atoms with E-state index in [-0.39, 0.29) is 25.0 Å². The van der Waals surface area contributed by atoms with Crippen molar-refractivity contribution in [3.05, 3.63) is 0 Å². The number of aliphatic hydroxyl groups excluding tert-OH is 1. The number of rotatable bonds is 2. The third kappa shape index (κ3) is 2.11. The average molecular weight is 228 g/mol. The summed E-state index contributed by atoms with van der Waals surface area (Å²) in [6, 6.07) is -1.08. The molecule has 0 unspecified atom stereocenters. The number of nitrogens with zero attached hydrogens (tertiary/aromatic N) is 1. The van der Waals surface area contributed by atoms with Crippen molar-refractivity contribution in [1.29, 1.82) is 0 Å². The largest absolute Gasteiger partial charge is 0.480 e. The van der Waals surface area contributed by atoms with E-state index >= 15 is 0 Å². The zero-order chi connectivity index (χ0) is 11.7. The zero-order valence-electron chi connectivity index (χ0n) is 8.93. The topological polar surface area (TPSA) is 89.9 Å². The first kappa shape index (κ1) is 11.2. The highest BCUT2D eigenvalue weighted by Gasteiger charge is 2.39. The molecule has 1 saturated heterocycles. The molecular weight excluding hydrogens is 212 g/mol. The van der Waals surface area contributed by atoms with Crippen LogP contribution in [0.4, 0.5) is 4.79 Å². The Hall–Kier alpha value is -1.30. The third-order valence-electron chi connectivity index (χ3n) is 3.26. The van der Waals surface area contributed by atoms with Gasteiger partial charge in [-0.3, -0.25) is 0 Å². The standard InChI is InChI=1S/C10H16N2O4/c13-7-4-8(9(14)15)12(5-7)10(16)11-6-2-1-3-6/h6-8,13H,1-5H2,(H,11,16)(H,14,15)/t7-,8-/m0/s1. The highest BCUT2D eigenvalue weighted by atomic mass is 16.4. The molecule has 90 valence electrons. The number of nitrogens with one attached hydrogen (secondary N) is 1. The molecule has 0 bridgehead atoms. The van der Waals surface area contributed by atoms with Gasteiger partial charge in [0.1, 0.15) is 6.04 Å². The Labute approximate surface area is 93.2 Å². The van der Waals surface area contributed by atoms with E-state index in [0.29, 0.717) is 0 Å². The van der Waals surface area contributed by atoms with Gasteiger partial charge in [-0.25, -0.2) is 9.59 Å². The Balaban J connectivity index is 1.95.